The van der Waals surface area contributed by atoms with Crippen LogP contribution in [-0.4, -0.2) is 17.2 Å². The predicted molar refractivity (Wildman–Crippen MR) is 76.9 cm³/mol. The van der Waals surface area contributed by atoms with Crippen LogP contribution in [0.1, 0.15) is 52.2 Å². The number of benzene rings is 1. The van der Waals surface area contributed by atoms with Crippen molar-refractivity contribution in [1.29, 1.82) is 0 Å². The van der Waals surface area contributed by atoms with E-state index in [1.807, 2.05) is 19.9 Å². The molecule has 3 heteroatoms. The normalized spacial score (nSPS) is 11.7. The van der Waals surface area contributed by atoms with E-state index in [4.69, 9.17) is 9.84 Å². The van der Waals surface area contributed by atoms with Gasteiger partial charge in [0.1, 0.15) is 5.75 Å². The summed E-state index contributed by atoms with van der Waals surface area (Å²) in [6.45, 7) is 10.4. The van der Waals surface area contributed by atoms with Crippen LogP contribution in [0.4, 0.5) is 0 Å². The minimum atomic E-state index is -0.781. The molecule has 106 valence electrons. The Hall–Kier alpha value is -1.51. The van der Waals surface area contributed by atoms with Gasteiger partial charge in [-0.25, -0.2) is 0 Å². The molecule has 0 fully saturated rings. The highest BCUT2D eigenvalue weighted by Gasteiger charge is 2.16. The van der Waals surface area contributed by atoms with Crippen LogP contribution in [0.25, 0.3) is 0 Å². The van der Waals surface area contributed by atoms with Crippen LogP contribution in [-0.2, 0) is 16.6 Å². The maximum Gasteiger partial charge on any atom is 0.303 e. The van der Waals surface area contributed by atoms with E-state index in [0.717, 1.165) is 11.3 Å². The highest BCUT2D eigenvalue weighted by Crippen LogP contribution is 2.29. The number of aliphatic carboxylic acids is 1. The molecule has 0 heterocycles. The molecule has 0 radical (unpaired) electrons. The summed E-state index contributed by atoms with van der Waals surface area (Å²) < 4.78 is 5.75. The molecule has 0 saturated carbocycles. The van der Waals surface area contributed by atoms with E-state index >= 15 is 0 Å². The molecular weight excluding hydrogens is 240 g/mol. The SMILES string of the molecule is CC(C)Oc1ccc(C(C)(C)C)cc1CCC(=O)O. The standard InChI is InChI=1S/C16H24O3/c1-11(2)19-14-8-7-13(16(3,4)5)10-12(14)6-9-15(17)18/h7-8,10-11H,6,9H2,1-5H3,(H,17,18). The number of aryl methyl sites for hydroxylation is 1. The van der Waals surface area contributed by atoms with Crippen molar-refractivity contribution in [3.8, 4) is 5.75 Å². The highest BCUT2D eigenvalue weighted by atomic mass is 16.5. The molecule has 1 aromatic carbocycles. The maximum atomic E-state index is 10.7. The van der Waals surface area contributed by atoms with Gasteiger partial charge in [-0.2, -0.15) is 0 Å². The molecule has 0 unspecified atom stereocenters. The van der Waals surface area contributed by atoms with E-state index in [0.29, 0.717) is 6.42 Å². The Morgan fingerprint density at radius 2 is 1.95 bits per heavy atom. The third kappa shape index (κ3) is 4.93. The summed E-state index contributed by atoms with van der Waals surface area (Å²) in [6, 6.07) is 6.08. The third-order valence-corrected chi connectivity index (χ3v) is 2.90. The second kappa shape index (κ2) is 6.09. The van der Waals surface area contributed by atoms with Gasteiger partial charge in [-0.15, -0.1) is 0 Å². The van der Waals surface area contributed by atoms with Crippen LogP contribution in [0.15, 0.2) is 18.2 Å². The summed E-state index contributed by atoms with van der Waals surface area (Å²) in [4.78, 5) is 10.7. The van der Waals surface area contributed by atoms with Gasteiger partial charge in [0.25, 0.3) is 0 Å². The van der Waals surface area contributed by atoms with Gasteiger partial charge in [0.2, 0.25) is 0 Å². The van der Waals surface area contributed by atoms with Crippen molar-refractivity contribution in [1.82, 2.24) is 0 Å². The molecule has 0 aromatic heterocycles. The fraction of sp³-hybridized carbons (Fsp3) is 0.562. The number of carbonyl (C=O) groups is 1. The van der Waals surface area contributed by atoms with Crippen molar-refractivity contribution < 1.29 is 14.6 Å². The molecule has 1 rings (SSSR count). The van der Waals surface area contributed by atoms with E-state index < -0.39 is 5.97 Å². The van der Waals surface area contributed by atoms with Crippen molar-refractivity contribution in [2.45, 2.75) is 59.0 Å². The van der Waals surface area contributed by atoms with Gasteiger partial charge in [0.05, 0.1) is 6.10 Å². The van der Waals surface area contributed by atoms with Gasteiger partial charge in [-0.1, -0.05) is 32.9 Å². The van der Waals surface area contributed by atoms with Gasteiger partial charge in [-0.05, 0) is 42.9 Å². The number of ether oxygens (including phenoxy) is 1. The first-order valence-electron chi connectivity index (χ1n) is 6.72. The lowest BCUT2D eigenvalue weighted by Gasteiger charge is -2.22. The molecule has 0 saturated heterocycles. The van der Waals surface area contributed by atoms with Crippen molar-refractivity contribution >= 4 is 5.97 Å². The van der Waals surface area contributed by atoms with Crippen LogP contribution in [0, 0.1) is 0 Å². The molecule has 0 bridgehead atoms. The second-order valence-corrected chi connectivity index (χ2v) is 6.13. The van der Waals surface area contributed by atoms with Gasteiger partial charge in [-0.3, -0.25) is 4.79 Å². The van der Waals surface area contributed by atoms with Crippen molar-refractivity contribution in [2.24, 2.45) is 0 Å². The molecule has 0 atom stereocenters. The highest BCUT2D eigenvalue weighted by molar-refractivity contribution is 5.67. The summed E-state index contributed by atoms with van der Waals surface area (Å²) in [5.41, 5.74) is 2.22. The minimum Gasteiger partial charge on any atom is -0.491 e. The molecule has 0 spiro atoms. The van der Waals surface area contributed by atoms with Gasteiger partial charge in [0, 0.05) is 6.42 Å². The lowest BCUT2D eigenvalue weighted by molar-refractivity contribution is -0.136. The van der Waals surface area contributed by atoms with E-state index in [9.17, 15) is 4.79 Å². The topological polar surface area (TPSA) is 46.5 Å². The van der Waals surface area contributed by atoms with Crippen molar-refractivity contribution in [2.75, 3.05) is 0 Å². The smallest absolute Gasteiger partial charge is 0.303 e. The predicted octanol–water partition coefficient (Wildman–Crippen LogP) is 3.79. The quantitative estimate of drug-likeness (QED) is 0.880. The molecule has 19 heavy (non-hydrogen) atoms. The first kappa shape index (κ1) is 15.5. The van der Waals surface area contributed by atoms with Crippen LogP contribution in [0.3, 0.4) is 0 Å². The fourth-order valence-corrected chi connectivity index (χ4v) is 1.85. The fourth-order valence-electron chi connectivity index (χ4n) is 1.85. The van der Waals surface area contributed by atoms with E-state index in [-0.39, 0.29) is 17.9 Å². The average molecular weight is 264 g/mol. The summed E-state index contributed by atoms with van der Waals surface area (Å²) in [5.74, 6) is 0.0147. The van der Waals surface area contributed by atoms with Crippen molar-refractivity contribution in [3.05, 3.63) is 29.3 Å². The van der Waals surface area contributed by atoms with E-state index in [2.05, 4.69) is 32.9 Å². The molecule has 0 amide bonds. The molecule has 3 nitrogen and oxygen atoms in total. The number of carboxylic acid groups (broad SMARTS) is 1. The van der Waals surface area contributed by atoms with Gasteiger partial charge in [0.15, 0.2) is 0 Å². The van der Waals surface area contributed by atoms with Crippen LogP contribution < -0.4 is 4.74 Å². The Balaban J connectivity index is 3.06. The molecule has 0 aliphatic rings. The summed E-state index contributed by atoms with van der Waals surface area (Å²) in [6.07, 6.45) is 0.715. The molecular formula is C16H24O3. The Bertz CT molecular complexity index is 442. The minimum absolute atomic E-state index is 0.0499. The zero-order valence-corrected chi connectivity index (χ0v) is 12.5. The first-order chi connectivity index (χ1) is 8.70. The first-order valence-corrected chi connectivity index (χ1v) is 6.72. The zero-order valence-electron chi connectivity index (χ0n) is 12.5. The van der Waals surface area contributed by atoms with Crippen LogP contribution in [0.2, 0.25) is 0 Å². The number of hydrogen-bond acceptors (Lipinski definition) is 2. The molecule has 1 aromatic rings. The lowest BCUT2D eigenvalue weighted by atomic mass is 9.85. The Morgan fingerprint density at radius 3 is 2.42 bits per heavy atom. The summed E-state index contributed by atoms with van der Waals surface area (Å²) in [5, 5.41) is 8.84. The second-order valence-electron chi connectivity index (χ2n) is 6.13. The molecule has 0 aliphatic heterocycles. The Morgan fingerprint density at radius 1 is 1.32 bits per heavy atom. The van der Waals surface area contributed by atoms with Crippen LogP contribution >= 0.6 is 0 Å². The van der Waals surface area contributed by atoms with Crippen LogP contribution in [0.5, 0.6) is 5.75 Å². The molecule has 0 aliphatic carbocycles. The Kier molecular flexibility index (Phi) is 4.98. The zero-order chi connectivity index (χ0) is 14.6. The third-order valence-electron chi connectivity index (χ3n) is 2.90. The van der Waals surface area contributed by atoms with Crippen molar-refractivity contribution in [3.63, 3.8) is 0 Å². The average Bonchev–Trinajstić information content (AvgIpc) is 2.25. The number of rotatable bonds is 5. The van der Waals surface area contributed by atoms with Gasteiger partial charge < -0.3 is 9.84 Å². The number of carboxylic acids is 1. The van der Waals surface area contributed by atoms with Gasteiger partial charge >= 0.3 is 5.97 Å². The van der Waals surface area contributed by atoms with E-state index in [1.165, 1.54) is 5.56 Å². The van der Waals surface area contributed by atoms with E-state index in [1.54, 1.807) is 0 Å². The summed E-state index contributed by atoms with van der Waals surface area (Å²) in [7, 11) is 0. The number of hydrogen-bond donors (Lipinski definition) is 1. The monoisotopic (exact) mass is 264 g/mol. The maximum absolute atomic E-state index is 10.7. The molecule has 1 N–H and O–H groups in total. The largest absolute Gasteiger partial charge is 0.491 e. The Labute approximate surface area is 115 Å². The summed E-state index contributed by atoms with van der Waals surface area (Å²) >= 11 is 0. The lowest BCUT2D eigenvalue weighted by Crippen LogP contribution is -2.13.